The van der Waals surface area contributed by atoms with E-state index < -0.39 is 10.0 Å². The molecule has 0 atom stereocenters. The van der Waals surface area contributed by atoms with Crippen LogP contribution in [0, 0.1) is 0 Å². The molecule has 0 fully saturated rings. The van der Waals surface area contributed by atoms with Gasteiger partial charge in [0.1, 0.15) is 10.0 Å². The van der Waals surface area contributed by atoms with Gasteiger partial charge in [-0.2, -0.15) is 9.61 Å². The van der Waals surface area contributed by atoms with Crippen molar-refractivity contribution in [1.82, 2.24) is 19.3 Å². The molecule has 7 nitrogen and oxygen atoms in total. The van der Waals surface area contributed by atoms with E-state index in [1.165, 1.54) is 11.3 Å². The predicted octanol–water partition coefficient (Wildman–Crippen LogP) is 5.04. The van der Waals surface area contributed by atoms with Crippen molar-refractivity contribution in [2.45, 2.75) is 17.1 Å². The standard InChI is InChI=1S/C20H19BrClN5O2S2/c21-15-13-24-27-18(12-17(26-20(15)27)14-6-1-2-7-16(14)22)23-9-3-4-10-25-31(28,29)19-8-5-11-30-19/h1-2,5-8,11-13,23,25H,3-4,9-10H2. The molecule has 0 saturated heterocycles. The average molecular weight is 541 g/mol. The number of aromatic nitrogens is 3. The Hall–Kier alpha value is -1.98. The van der Waals surface area contributed by atoms with E-state index in [1.807, 2.05) is 30.3 Å². The maximum Gasteiger partial charge on any atom is 0.250 e. The Labute approximate surface area is 197 Å². The number of hydrogen-bond acceptors (Lipinski definition) is 6. The SMILES string of the molecule is O=S(=O)(NCCCCNc1cc(-c2ccccc2Cl)nc2c(Br)cnn12)c1cccs1. The van der Waals surface area contributed by atoms with Crippen molar-refractivity contribution in [3.05, 3.63) is 63.5 Å². The molecule has 4 aromatic rings. The number of sulfonamides is 1. The van der Waals surface area contributed by atoms with Gasteiger partial charge in [-0.25, -0.2) is 18.1 Å². The van der Waals surface area contributed by atoms with Gasteiger partial charge in [-0.3, -0.25) is 0 Å². The third-order valence-electron chi connectivity index (χ3n) is 4.54. The van der Waals surface area contributed by atoms with Crippen molar-refractivity contribution in [2.75, 3.05) is 18.4 Å². The van der Waals surface area contributed by atoms with Crippen LogP contribution < -0.4 is 10.0 Å². The molecule has 11 heteroatoms. The number of hydrogen-bond donors (Lipinski definition) is 2. The van der Waals surface area contributed by atoms with E-state index in [-0.39, 0.29) is 0 Å². The summed E-state index contributed by atoms with van der Waals surface area (Å²) < 4.78 is 29.8. The minimum absolute atomic E-state index is 0.334. The van der Waals surface area contributed by atoms with Gasteiger partial charge in [0.15, 0.2) is 5.65 Å². The maximum atomic E-state index is 12.1. The molecule has 1 aromatic carbocycles. The lowest BCUT2D eigenvalue weighted by Gasteiger charge is -2.12. The van der Waals surface area contributed by atoms with Crippen molar-refractivity contribution in [2.24, 2.45) is 0 Å². The second kappa shape index (κ2) is 9.66. The van der Waals surface area contributed by atoms with Gasteiger partial charge in [0.05, 0.1) is 16.4 Å². The molecule has 0 amide bonds. The number of fused-ring (bicyclic) bond motifs is 1. The molecule has 0 bridgehead atoms. The zero-order chi connectivity index (χ0) is 21.8. The summed E-state index contributed by atoms with van der Waals surface area (Å²) in [6.07, 6.45) is 3.18. The molecule has 0 unspecified atom stereocenters. The van der Waals surface area contributed by atoms with Crippen molar-refractivity contribution >= 4 is 60.4 Å². The minimum Gasteiger partial charge on any atom is -0.370 e. The lowest BCUT2D eigenvalue weighted by Crippen LogP contribution is -2.24. The highest BCUT2D eigenvalue weighted by atomic mass is 79.9. The summed E-state index contributed by atoms with van der Waals surface area (Å²) in [4.78, 5) is 4.69. The smallest absolute Gasteiger partial charge is 0.250 e. The van der Waals surface area contributed by atoms with Gasteiger partial charge in [0.2, 0.25) is 10.0 Å². The Bertz CT molecular complexity index is 1290. The number of anilines is 1. The summed E-state index contributed by atoms with van der Waals surface area (Å²) in [6.45, 7) is 1.03. The van der Waals surface area contributed by atoms with Gasteiger partial charge in [0.25, 0.3) is 0 Å². The van der Waals surface area contributed by atoms with Crippen molar-refractivity contribution in [1.29, 1.82) is 0 Å². The van der Waals surface area contributed by atoms with E-state index in [9.17, 15) is 8.42 Å². The van der Waals surface area contributed by atoms with Crippen molar-refractivity contribution in [3.63, 3.8) is 0 Å². The highest BCUT2D eigenvalue weighted by molar-refractivity contribution is 9.10. The number of nitrogens with one attached hydrogen (secondary N) is 2. The number of unbranched alkanes of at least 4 members (excludes halogenated alkanes) is 1. The van der Waals surface area contributed by atoms with Crippen LogP contribution in [-0.4, -0.2) is 36.1 Å². The second-order valence-electron chi connectivity index (χ2n) is 6.70. The van der Waals surface area contributed by atoms with E-state index in [1.54, 1.807) is 28.2 Å². The molecule has 3 heterocycles. The molecule has 0 spiro atoms. The fourth-order valence-electron chi connectivity index (χ4n) is 3.03. The first-order valence-corrected chi connectivity index (χ1v) is 13.1. The molecule has 0 aliphatic carbocycles. The molecule has 0 aliphatic heterocycles. The van der Waals surface area contributed by atoms with Gasteiger partial charge in [-0.05, 0) is 46.3 Å². The van der Waals surface area contributed by atoms with Gasteiger partial charge in [-0.1, -0.05) is 35.9 Å². The summed E-state index contributed by atoms with van der Waals surface area (Å²) >= 11 is 11.1. The highest BCUT2D eigenvalue weighted by Crippen LogP contribution is 2.30. The Balaban J connectivity index is 1.41. The Kier molecular flexibility index (Phi) is 6.92. The van der Waals surface area contributed by atoms with Gasteiger partial charge in [-0.15, -0.1) is 11.3 Å². The molecule has 31 heavy (non-hydrogen) atoms. The first-order valence-electron chi connectivity index (χ1n) is 9.52. The Morgan fingerprint density at radius 1 is 1.13 bits per heavy atom. The maximum absolute atomic E-state index is 12.1. The molecule has 3 aromatic heterocycles. The average Bonchev–Trinajstić information content (AvgIpc) is 3.42. The topological polar surface area (TPSA) is 88.4 Å². The summed E-state index contributed by atoms with van der Waals surface area (Å²) in [7, 11) is -3.41. The van der Waals surface area contributed by atoms with E-state index >= 15 is 0 Å². The Morgan fingerprint density at radius 2 is 1.94 bits per heavy atom. The number of halogens is 2. The molecule has 162 valence electrons. The molecular formula is C20H19BrClN5O2S2. The monoisotopic (exact) mass is 539 g/mol. The van der Waals surface area contributed by atoms with Crippen molar-refractivity contribution in [3.8, 4) is 11.3 Å². The normalized spacial score (nSPS) is 11.8. The third-order valence-corrected chi connectivity index (χ3v) is 8.29. The Morgan fingerprint density at radius 3 is 2.71 bits per heavy atom. The van der Waals surface area contributed by atoms with Crippen molar-refractivity contribution < 1.29 is 8.42 Å². The number of nitrogens with zero attached hydrogens (tertiary/aromatic N) is 3. The molecule has 4 rings (SSSR count). The van der Waals surface area contributed by atoms with Crippen LogP contribution >= 0.6 is 38.9 Å². The predicted molar refractivity (Wildman–Crippen MR) is 128 cm³/mol. The summed E-state index contributed by atoms with van der Waals surface area (Å²) in [5.74, 6) is 0.782. The fraction of sp³-hybridized carbons (Fsp3) is 0.200. The molecule has 0 aliphatic rings. The van der Waals surface area contributed by atoms with Crippen LogP contribution in [0.25, 0.3) is 16.9 Å². The van der Waals surface area contributed by atoms with Gasteiger partial charge >= 0.3 is 0 Å². The first kappa shape index (κ1) is 22.2. The molecule has 0 saturated carbocycles. The zero-order valence-corrected chi connectivity index (χ0v) is 20.2. The summed E-state index contributed by atoms with van der Waals surface area (Å²) in [5, 5.41) is 10.1. The van der Waals surface area contributed by atoms with E-state index in [0.717, 1.165) is 28.0 Å². The van der Waals surface area contributed by atoms with Crippen LogP contribution in [0.5, 0.6) is 0 Å². The van der Waals surface area contributed by atoms with Crippen LogP contribution in [0.3, 0.4) is 0 Å². The highest BCUT2D eigenvalue weighted by Gasteiger charge is 2.14. The molecule has 0 radical (unpaired) electrons. The van der Waals surface area contributed by atoms with E-state index in [0.29, 0.717) is 34.4 Å². The molecular weight excluding hydrogens is 522 g/mol. The lowest BCUT2D eigenvalue weighted by molar-refractivity contribution is 0.579. The third kappa shape index (κ3) is 5.09. The summed E-state index contributed by atoms with van der Waals surface area (Å²) in [5.41, 5.74) is 2.26. The van der Waals surface area contributed by atoms with Crippen LogP contribution in [0.2, 0.25) is 5.02 Å². The largest absolute Gasteiger partial charge is 0.370 e. The van der Waals surface area contributed by atoms with Crippen LogP contribution in [-0.2, 0) is 10.0 Å². The van der Waals surface area contributed by atoms with Crippen LogP contribution in [0.1, 0.15) is 12.8 Å². The van der Waals surface area contributed by atoms with Crippen LogP contribution in [0.4, 0.5) is 5.82 Å². The van der Waals surface area contributed by atoms with Gasteiger partial charge < -0.3 is 5.32 Å². The van der Waals surface area contributed by atoms with E-state index in [4.69, 9.17) is 11.6 Å². The minimum atomic E-state index is -3.41. The second-order valence-corrected chi connectivity index (χ2v) is 10.9. The summed E-state index contributed by atoms with van der Waals surface area (Å²) in [6, 6.07) is 12.8. The number of thiophene rings is 1. The van der Waals surface area contributed by atoms with Gasteiger partial charge in [0, 0.05) is 29.7 Å². The van der Waals surface area contributed by atoms with Crippen LogP contribution in [0.15, 0.2) is 62.7 Å². The quantitative estimate of drug-likeness (QED) is 0.290. The van der Waals surface area contributed by atoms with E-state index in [2.05, 4.69) is 36.1 Å². The fourth-order valence-corrected chi connectivity index (χ4v) is 5.72. The molecule has 2 N–H and O–H groups in total. The zero-order valence-electron chi connectivity index (χ0n) is 16.3. The first-order chi connectivity index (χ1) is 15.0. The number of rotatable bonds is 9. The number of benzene rings is 1. The lowest BCUT2D eigenvalue weighted by atomic mass is 10.1.